The number of pyridine rings is 1. The number of hydrogen-bond acceptors (Lipinski definition) is 4. The van der Waals surface area contributed by atoms with Gasteiger partial charge in [0.25, 0.3) is 0 Å². The monoisotopic (exact) mass is 586 g/mol. The summed E-state index contributed by atoms with van der Waals surface area (Å²) in [6.45, 7) is 0. The highest BCUT2D eigenvalue weighted by Crippen LogP contribution is 2.39. The Morgan fingerprint density at radius 2 is 0.935 bits per heavy atom. The normalized spacial score (nSPS) is 11.0. The molecule has 0 aliphatic heterocycles. The van der Waals surface area contributed by atoms with Gasteiger partial charge in [-0.3, -0.25) is 4.98 Å². The molecule has 0 unspecified atom stereocenters. The molecule has 2 heterocycles. The van der Waals surface area contributed by atoms with Gasteiger partial charge in [0.05, 0.1) is 23.0 Å². The van der Waals surface area contributed by atoms with E-state index in [1.54, 1.807) is 6.20 Å². The lowest BCUT2D eigenvalue weighted by atomic mass is 9.92. The Hall–Kier alpha value is -6.44. The standard InChI is InChI=1S/C42H26N4/c43-26-28-16-18-29(19-17-28)32-20-22-38(36-14-6-4-12-34(32)36)40-25-41(46-42(45-40)30-9-2-1-3-10-30)39-23-21-33(31-11-8-24-44-27-31)35-13-5-7-15-37(35)39/h1-25,27H. The molecule has 0 aliphatic carbocycles. The summed E-state index contributed by atoms with van der Waals surface area (Å²) >= 11 is 0. The molecule has 8 rings (SSSR count). The van der Waals surface area contributed by atoms with Gasteiger partial charge in [0.1, 0.15) is 0 Å². The van der Waals surface area contributed by atoms with Crippen LogP contribution in [0.5, 0.6) is 0 Å². The summed E-state index contributed by atoms with van der Waals surface area (Å²) in [6, 6.07) is 51.9. The van der Waals surface area contributed by atoms with E-state index in [-0.39, 0.29) is 0 Å². The van der Waals surface area contributed by atoms with Crippen LogP contribution in [0.3, 0.4) is 0 Å². The van der Waals surface area contributed by atoms with Crippen LogP contribution in [0.2, 0.25) is 0 Å². The van der Waals surface area contributed by atoms with Crippen LogP contribution < -0.4 is 0 Å². The molecule has 6 aromatic carbocycles. The Balaban J connectivity index is 1.35. The molecule has 0 aliphatic rings. The van der Waals surface area contributed by atoms with Crippen LogP contribution in [0.25, 0.3) is 77.7 Å². The maximum absolute atomic E-state index is 9.30. The van der Waals surface area contributed by atoms with Gasteiger partial charge in [-0.05, 0) is 62.5 Å². The van der Waals surface area contributed by atoms with E-state index in [1.807, 2.05) is 54.7 Å². The first kappa shape index (κ1) is 27.1. The molecule has 8 aromatic rings. The van der Waals surface area contributed by atoms with Crippen molar-refractivity contribution in [2.75, 3.05) is 0 Å². The molecule has 0 saturated carbocycles. The van der Waals surface area contributed by atoms with Crippen molar-refractivity contribution in [1.82, 2.24) is 15.0 Å². The van der Waals surface area contributed by atoms with Crippen LogP contribution >= 0.6 is 0 Å². The Labute approximate surface area is 266 Å². The van der Waals surface area contributed by atoms with E-state index in [0.29, 0.717) is 11.4 Å². The van der Waals surface area contributed by atoms with E-state index in [1.165, 1.54) is 0 Å². The molecule has 4 nitrogen and oxygen atoms in total. The molecule has 0 saturated heterocycles. The average molecular weight is 587 g/mol. The molecule has 0 radical (unpaired) electrons. The second kappa shape index (κ2) is 11.6. The van der Waals surface area contributed by atoms with E-state index in [4.69, 9.17) is 9.97 Å². The van der Waals surface area contributed by atoms with Crippen molar-refractivity contribution >= 4 is 21.5 Å². The van der Waals surface area contributed by atoms with Crippen LogP contribution in [0.1, 0.15) is 5.56 Å². The topological polar surface area (TPSA) is 62.5 Å². The van der Waals surface area contributed by atoms with Gasteiger partial charge in [0.15, 0.2) is 5.82 Å². The summed E-state index contributed by atoms with van der Waals surface area (Å²) in [5.74, 6) is 0.675. The van der Waals surface area contributed by atoms with Crippen molar-refractivity contribution in [2.24, 2.45) is 0 Å². The quantitative estimate of drug-likeness (QED) is 0.201. The van der Waals surface area contributed by atoms with E-state index in [0.717, 1.165) is 71.9 Å². The molecule has 2 aromatic heterocycles. The summed E-state index contributed by atoms with van der Waals surface area (Å²) in [4.78, 5) is 14.7. The fraction of sp³-hybridized carbons (Fsp3) is 0. The molecule has 0 amide bonds. The van der Waals surface area contributed by atoms with Crippen LogP contribution in [0.15, 0.2) is 158 Å². The van der Waals surface area contributed by atoms with Gasteiger partial charge in [0, 0.05) is 34.6 Å². The van der Waals surface area contributed by atoms with E-state index in [2.05, 4.69) is 108 Å². The zero-order chi connectivity index (χ0) is 30.9. The number of rotatable bonds is 5. The van der Waals surface area contributed by atoms with Gasteiger partial charge < -0.3 is 0 Å². The molecule has 0 spiro atoms. The fourth-order valence-corrected chi connectivity index (χ4v) is 6.23. The Morgan fingerprint density at radius 1 is 0.435 bits per heavy atom. The summed E-state index contributed by atoms with van der Waals surface area (Å²) in [7, 11) is 0. The predicted molar refractivity (Wildman–Crippen MR) is 187 cm³/mol. The molecule has 0 atom stereocenters. The molecule has 0 N–H and O–H groups in total. The summed E-state index contributed by atoms with van der Waals surface area (Å²) in [6.07, 6.45) is 3.71. The van der Waals surface area contributed by atoms with E-state index < -0.39 is 0 Å². The van der Waals surface area contributed by atoms with Crippen molar-refractivity contribution in [3.63, 3.8) is 0 Å². The minimum absolute atomic E-state index is 0.646. The minimum Gasteiger partial charge on any atom is -0.264 e. The fourth-order valence-electron chi connectivity index (χ4n) is 6.23. The third-order valence-electron chi connectivity index (χ3n) is 8.46. The maximum atomic E-state index is 9.30. The molecule has 0 fully saturated rings. The van der Waals surface area contributed by atoms with Gasteiger partial charge in [0.2, 0.25) is 0 Å². The number of hydrogen-bond donors (Lipinski definition) is 0. The molecule has 0 bridgehead atoms. The molecular formula is C42H26N4. The van der Waals surface area contributed by atoms with Crippen molar-refractivity contribution in [2.45, 2.75) is 0 Å². The number of benzene rings is 6. The second-order valence-electron chi connectivity index (χ2n) is 11.2. The predicted octanol–water partition coefficient (Wildman–Crippen LogP) is 10.4. The Bertz CT molecular complexity index is 2410. The van der Waals surface area contributed by atoms with Crippen molar-refractivity contribution in [3.05, 3.63) is 164 Å². The number of nitriles is 1. The number of nitrogens with zero attached hydrogens (tertiary/aromatic N) is 4. The van der Waals surface area contributed by atoms with Crippen molar-refractivity contribution in [3.8, 4) is 62.2 Å². The lowest BCUT2D eigenvalue weighted by Gasteiger charge is -2.15. The van der Waals surface area contributed by atoms with Crippen LogP contribution in [-0.4, -0.2) is 15.0 Å². The highest BCUT2D eigenvalue weighted by molar-refractivity contribution is 6.07. The van der Waals surface area contributed by atoms with Crippen LogP contribution in [0, 0.1) is 11.3 Å². The highest BCUT2D eigenvalue weighted by Gasteiger charge is 2.17. The van der Waals surface area contributed by atoms with E-state index >= 15 is 0 Å². The van der Waals surface area contributed by atoms with Gasteiger partial charge >= 0.3 is 0 Å². The van der Waals surface area contributed by atoms with Gasteiger partial charge in [-0.2, -0.15) is 5.26 Å². The first-order valence-electron chi connectivity index (χ1n) is 15.2. The van der Waals surface area contributed by atoms with Crippen LogP contribution in [0.4, 0.5) is 0 Å². The minimum atomic E-state index is 0.646. The lowest BCUT2D eigenvalue weighted by Crippen LogP contribution is -1.97. The summed E-state index contributed by atoms with van der Waals surface area (Å²) in [5.41, 5.74) is 9.78. The maximum Gasteiger partial charge on any atom is 0.160 e. The second-order valence-corrected chi connectivity index (χ2v) is 11.2. The summed E-state index contributed by atoms with van der Waals surface area (Å²) < 4.78 is 0. The Morgan fingerprint density at radius 3 is 1.48 bits per heavy atom. The highest BCUT2D eigenvalue weighted by atomic mass is 14.9. The van der Waals surface area contributed by atoms with Crippen molar-refractivity contribution < 1.29 is 0 Å². The SMILES string of the molecule is N#Cc1ccc(-c2ccc(-c3cc(-c4ccc(-c5cccnc5)c5ccccc45)nc(-c4ccccc4)n3)c3ccccc23)cc1. The number of aromatic nitrogens is 3. The largest absolute Gasteiger partial charge is 0.264 e. The van der Waals surface area contributed by atoms with Crippen LogP contribution in [-0.2, 0) is 0 Å². The molecule has 4 heteroatoms. The third kappa shape index (κ3) is 4.87. The molecule has 46 heavy (non-hydrogen) atoms. The summed E-state index contributed by atoms with van der Waals surface area (Å²) in [5, 5.41) is 13.8. The van der Waals surface area contributed by atoms with Crippen molar-refractivity contribution in [1.29, 1.82) is 5.26 Å². The zero-order valence-electron chi connectivity index (χ0n) is 24.8. The zero-order valence-corrected chi connectivity index (χ0v) is 24.8. The Kier molecular flexibility index (Phi) is 6.83. The van der Waals surface area contributed by atoms with Gasteiger partial charge in [-0.25, -0.2) is 9.97 Å². The van der Waals surface area contributed by atoms with E-state index in [9.17, 15) is 5.26 Å². The van der Waals surface area contributed by atoms with Gasteiger partial charge in [-0.15, -0.1) is 0 Å². The first-order valence-corrected chi connectivity index (χ1v) is 15.2. The molecular weight excluding hydrogens is 560 g/mol. The lowest BCUT2D eigenvalue weighted by molar-refractivity contribution is 1.19. The molecule has 214 valence electrons. The average Bonchev–Trinajstić information content (AvgIpc) is 3.14. The van der Waals surface area contributed by atoms with Gasteiger partial charge in [-0.1, -0.05) is 121 Å². The number of fused-ring (bicyclic) bond motifs is 2. The first-order chi connectivity index (χ1) is 22.8. The third-order valence-corrected chi connectivity index (χ3v) is 8.46. The smallest absolute Gasteiger partial charge is 0.160 e.